The Hall–Kier alpha value is -0.910. The molecule has 3 unspecified atom stereocenters. The molecule has 1 aliphatic rings. The minimum Gasteiger partial charge on any atom is -0.484 e. The van der Waals surface area contributed by atoms with Crippen LogP contribution in [0.1, 0.15) is 6.42 Å². The third-order valence-electron chi connectivity index (χ3n) is 2.97. The molecule has 106 valence electrons. The molecule has 0 spiro atoms. The Morgan fingerprint density at radius 2 is 2.11 bits per heavy atom. The van der Waals surface area contributed by atoms with Gasteiger partial charge in [-0.25, -0.2) is 4.39 Å². The molecule has 0 aliphatic heterocycles. The molecule has 0 aromatic heterocycles. The van der Waals surface area contributed by atoms with Crippen molar-refractivity contribution in [1.29, 1.82) is 0 Å². The molecule has 0 N–H and O–H groups in total. The molecule has 1 aliphatic carbocycles. The summed E-state index contributed by atoms with van der Waals surface area (Å²) in [6.45, 7) is 0.830. The summed E-state index contributed by atoms with van der Waals surface area (Å²) in [5, 5.41) is -0.182. The molecule has 3 atom stereocenters. The van der Waals surface area contributed by atoms with E-state index < -0.39 is 11.6 Å². The van der Waals surface area contributed by atoms with Crippen LogP contribution in [0.5, 0.6) is 5.75 Å². The van der Waals surface area contributed by atoms with Crippen LogP contribution in [0.15, 0.2) is 18.2 Å². The Kier molecular flexibility index (Phi) is 4.96. The summed E-state index contributed by atoms with van der Waals surface area (Å²) in [6.07, 6.45) is -0.162. The van der Waals surface area contributed by atoms with Crippen LogP contribution in [0.25, 0.3) is 0 Å². The third kappa shape index (κ3) is 3.35. The first-order valence-corrected chi connectivity index (χ1v) is 6.42. The molecule has 2 rings (SSSR count). The summed E-state index contributed by atoms with van der Waals surface area (Å²) in [7, 11) is 1.57. The first-order chi connectivity index (χ1) is 9.13. The van der Waals surface area contributed by atoms with E-state index in [-0.39, 0.29) is 23.3 Å². The number of hydrogen-bond donors (Lipinski definition) is 0. The maximum Gasteiger partial charge on any atom is 0.200 e. The van der Waals surface area contributed by atoms with Crippen LogP contribution in [0, 0.1) is 11.6 Å². The Balaban J connectivity index is 1.93. The van der Waals surface area contributed by atoms with Crippen LogP contribution in [-0.2, 0) is 9.47 Å². The normalized spacial score (nSPS) is 26.0. The van der Waals surface area contributed by atoms with Crippen LogP contribution >= 0.6 is 11.6 Å². The summed E-state index contributed by atoms with van der Waals surface area (Å²) in [4.78, 5) is 0. The van der Waals surface area contributed by atoms with E-state index in [2.05, 4.69) is 0 Å². The Bertz CT molecular complexity index is 430. The molecule has 19 heavy (non-hydrogen) atoms. The Morgan fingerprint density at radius 3 is 2.79 bits per heavy atom. The number of halogens is 3. The minimum atomic E-state index is -0.990. The summed E-state index contributed by atoms with van der Waals surface area (Å²) < 4.78 is 42.3. The largest absolute Gasteiger partial charge is 0.484 e. The van der Waals surface area contributed by atoms with Crippen molar-refractivity contribution >= 4 is 11.6 Å². The van der Waals surface area contributed by atoms with Gasteiger partial charge in [-0.2, -0.15) is 4.39 Å². The fraction of sp³-hybridized carbons (Fsp3) is 0.538. The Labute approximate surface area is 115 Å². The second-order valence-electron chi connectivity index (χ2n) is 4.29. The van der Waals surface area contributed by atoms with Gasteiger partial charge in [-0.05, 0) is 12.1 Å². The minimum absolute atomic E-state index is 0.117. The van der Waals surface area contributed by atoms with E-state index in [0.717, 1.165) is 6.07 Å². The van der Waals surface area contributed by atoms with E-state index in [9.17, 15) is 8.78 Å². The van der Waals surface area contributed by atoms with Gasteiger partial charge in [0.25, 0.3) is 0 Å². The number of benzene rings is 1. The highest BCUT2D eigenvalue weighted by molar-refractivity contribution is 6.21. The van der Waals surface area contributed by atoms with Gasteiger partial charge in [0, 0.05) is 13.5 Å². The van der Waals surface area contributed by atoms with Crippen LogP contribution < -0.4 is 4.74 Å². The lowest BCUT2D eigenvalue weighted by atomic mass is 9.91. The van der Waals surface area contributed by atoms with Gasteiger partial charge in [-0.3, -0.25) is 0 Å². The lowest BCUT2D eigenvalue weighted by Crippen LogP contribution is -2.53. The lowest BCUT2D eigenvalue weighted by Gasteiger charge is -2.40. The zero-order valence-corrected chi connectivity index (χ0v) is 11.2. The summed E-state index contributed by atoms with van der Waals surface area (Å²) in [6, 6.07) is 3.82. The standard InChI is InChI=1S/C13H15ClF2O3/c1-17-5-6-18-13-8(14)7-11(13)19-10-4-2-3-9(15)12(10)16/h2-4,8,11,13H,5-7H2,1H3. The number of methoxy groups -OCH3 is 1. The average molecular weight is 293 g/mol. The van der Waals surface area contributed by atoms with Gasteiger partial charge >= 0.3 is 0 Å². The highest BCUT2D eigenvalue weighted by Gasteiger charge is 2.43. The van der Waals surface area contributed by atoms with Crippen LogP contribution in [0.2, 0.25) is 0 Å². The number of alkyl halides is 1. The fourth-order valence-corrected chi connectivity index (χ4v) is 2.27. The Morgan fingerprint density at radius 1 is 1.32 bits per heavy atom. The quantitative estimate of drug-likeness (QED) is 0.596. The van der Waals surface area contributed by atoms with Gasteiger partial charge in [0.05, 0.1) is 18.6 Å². The van der Waals surface area contributed by atoms with Crippen molar-refractivity contribution in [2.75, 3.05) is 20.3 Å². The molecule has 1 saturated carbocycles. The summed E-state index contributed by atoms with van der Waals surface area (Å²) >= 11 is 6.01. The van der Waals surface area contributed by atoms with E-state index >= 15 is 0 Å². The molecule has 3 nitrogen and oxygen atoms in total. The van der Waals surface area contributed by atoms with E-state index in [0.29, 0.717) is 19.6 Å². The van der Waals surface area contributed by atoms with Gasteiger partial charge < -0.3 is 14.2 Å². The lowest BCUT2D eigenvalue weighted by molar-refractivity contribution is -0.0908. The fourth-order valence-electron chi connectivity index (χ4n) is 1.86. The number of ether oxygens (including phenoxy) is 3. The van der Waals surface area contributed by atoms with Crippen molar-refractivity contribution in [3.63, 3.8) is 0 Å². The van der Waals surface area contributed by atoms with Gasteiger partial charge in [-0.15, -0.1) is 11.6 Å². The molecule has 1 aromatic rings. The summed E-state index contributed by atoms with van der Waals surface area (Å²) in [5.74, 6) is -2.04. The monoisotopic (exact) mass is 292 g/mol. The molecular formula is C13H15ClF2O3. The second-order valence-corrected chi connectivity index (χ2v) is 4.85. The maximum absolute atomic E-state index is 13.5. The van der Waals surface area contributed by atoms with Crippen molar-refractivity contribution in [2.45, 2.75) is 24.0 Å². The predicted molar refractivity (Wildman–Crippen MR) is 66.6 cm³/mol. The molecule has 1 fully saturated rings. The first kappa shape index (κ1) is 14.5. The third-order valence-corrected chi connectivity index (χ3v) is 3.40. The van der Waals surface area contributed by atoms with Gasteiger partial charge in [-0.1, -0.05) is 6.07 Å². The topological polar surface area (TPSA) is 27.7 Å². The van der Waals surface area contributed by atoms with Crippen molar-refractivity contribution in [1.82, 2.24) is 0 Å². The molecular weight excluding hydrogens is 278 g/mol. The summed E-state index contributed by atoms with van der Waals surface area (Å²) in [5.41, 5.74) is 0. The zero-order valence-electron chi connectivity index (χ0n) is 10.4. The van der Waals surface area contributed by atoms with Crippen molar-refractivity contribution in [2.24, 2.45) is 0 Å². The van der Waals surface area contributed by atoms with Gasteiger partial charge in [0.2, 0.25) is 5.82 Å². The molecule has 6 heteroatoms. The smallest absolute Gasteiger partial charge is 0.200 e. The molecule has 0 radical (unpaired) electrons. The van der Waals surface area contributed by atoms with Crippen LogP contribution in [0.3, 0.4) is 0 Å². The van der Waals surface area contributed by atoms with Crippen LogP contribution in [-0.4, -0.2) is 37.9 Å². The van der Waals surface area contributed by atoms with E-state index in [4.69, 9.17) is 25.8 Å². The molecule has 0 bridgehead atoms. The van der Waals surface area contributed by atoms with Crippen molar-refractivity contribution in [3.8, 4) is 5.75 Å². The highest BCUT2D eigenvalue weighted by atomic mass is 35.5. The number of rotatable bonds is 6. The maximum atomic E-state index is 13.5. The second kappa shape index (κ2) is 6.50. The van der Waals surface area contributed by atoms with Crippen molar-refractivity contribution in [3.05, 3.63) is 29.8 Å². The predicted octanol–water partition coefficient (Wildman–Crippen LogP) is 2.75. The van der Waals surface area contributed by atoms with E-state index in [1.807, 2.05) is 0 Å². The number of hydrogen-bond acceptors (Lipinski definition) is 3. The van der Waals surface area contributed by atoms with Gasteiger partial charge in [0.15, 0.2) is 11.6 Å². The first-order valence-electron chi connectivity index (χ1n) is 5.98. The average Bonchev–Trinajstić information content (AvgIpc) is 2.39. The van der Waals surface area contributed by atoms with Crippen molar-refractivity contribution < 1.29 is 23.0 Å². The van der Waals surface area contributed by atoms with Gasteiger partial charge in [0.1, 0.15) is 12.2 Å². The van der Waals surface area contributed by atoms with Crippen LogP contribution in [0.4, 0.5) is 8.78 Å². The SMILES string of the molecule is COCCOC1C(Cl)CC1Oc1cccc(F)c1F. The molecule has 0 heterocycles. The van der Waals surface area contributed by atoms with E-state index in [1.54, 1.807) is 7.11 Å². The molecule has 0 amide bonds. The highest BCUT2D eigenvalue weighted by Crippen LogP contribution is 2.34. The zero-order chi connectivity index (χ0) is 13.8. The molecule has 1 aromatic carbocycles. The molecule has 0 saturated heterocycles. The van der Waals surface area contributed by atoms with E-state index in [1.165, 1.54) is 12.1 Å².